The van der Waals surface area contributed by atoms with Crippen LogP contribution < -0.4 is 5.32 Å². The summed E-state index contributed by atoms with van der Waals surface area (Å²) in [7, 11) is 1.12. The van der Waals surface area contributed by atoms with Crippen LogP contribution >= 0.6 is 0 Å². The average molecular weight is 213 g/mol. The molecule has 0 amide bonds. The van der Waals surface area contributed by atoms with E-state index in [0.717, 1.165) is 7.05 Å². The van der Waals surface area contributed by atoms with Crippen molar-refractivity contribution >= 4 is 5.78 Å². The van der Waals surface area contributed by atoms with Gasteiger partial charge in [0.15, 0.2) is 11.8 Å². The molecule has 86 valence electrons. The minimum Gasteiger partial charge on any atom is -0.303 e. The van der Waals surface area contributed by atoms with Gasteiger partial charge in [-0.1, -0.05) is 27.7 Å². The van der Waals surface area contributed by atoms with E-state index in [1.807, 2.05) is 19.2 Å². The molecule has 2 nitrogen and oxygen atoms in total. The van der Waals surface area contributed by atoms with Crippen LogP contribution in [-0.2, 0) is 4.79 Å². The minimum absolute atomic E-state index is 0.607. The Morgan fingerprint density at radius 1 is 1.21 bits per heavy atom. The molecule has 0 saturated carbocycles. The lowest BCUT2D eigenvalue weighted by Gasteiger charge is -2.19. The van der Waals surface area contributed by atoms with Crippen molar-refractivity contribution in [2.75, 3.05) is 7.05 Å². The molecule has 0 rings (SSSR count). The minimum atomic E-state index is -4.49. The molecule has 0 radical (unpaired) electrons. The number of carbonyl (C=O) groups excluding carboxylic acids is 1. The summed E-state index contributed by atoms with van der Waals surface area (Å²) >= 11 is 0. The van der Waals surface area contributed by atoms with E-state index in [1.54, 1.807) is 0 Å². The Morgan fingerprint density at radius 2 is 1.57 bits per heavy atom. The van der Waals surface area contributed by atoms with Crippen molar-refractivity contribution < 1.29 is 18.0 Å². The van der Waals surface area contributed by atoms with Crippen LogP contribution in [0.25, 0.3) is 0 Å². The van der Waals surface area contributed by atoms with Gasteiger partial charge in [-0.25, -0.2) is 0 Å². The first-order valence-corrected chi connectivity index (χ1v) is 4.58. The van der Waals surface area contributed by atoms with Gasteiger partial charge in [-0.2, -0.15) is 13.2 Å². The van der Waals surface area contributed by atoms with Crippen molar-refractivity contribution in [3.63, 3.8) is 0 Å². The van der Waals surface area contributed by atoms with E-state index < -0.39 is 23.9 Å². The molecule has 0 aliphatic carbocycles. The lowest BCUT2D eigenvalue weighted by Crippen LogP contribution is -2.48. The van der Waals surface area contributed by atoms with Crippen molar-refractivity contribution in [1.29, 1.82) is 0 Å². The maximum Gasteiger partial charge on any atom is 0.410 e. The Labute approximate surface area is 82.9 Å². The number of likely N-dealkylation sites (N-methyl/N-ethyl adjacent to an activating group) is 1. The second-order valence-corrected chi connectivity index (χ2v) is 2.82. The van der Waals surface area contributed by atoms with Crippen LogP contribution in [0, 0.1) is 5.92 Å². The summed E-state index contributed by atoms with van der Waals surface area (Å²) in [4.78, 5) is 10.9. The highest BCUT2D eigenvalue weighted by Crippen LogP contribution is 2.22. The number of carbonyl (C=O) groups is 1. The molecule has 0 saturated heterocycles. The fraction of sp³-hybridized carbons (Fsp3) is 0.889. The van der Waals surface area contributed by atoms with Gasteiger partial charge in [0, 0.05) is 5.92 Å². The summed E-state index contributed by atoms with van der Waals surface area (Å²) < 4.78 is 36.1. The fourth-order valence-corrected chi connectivity index (χ4v) is 0.801. The standard InChI is InChI=1S/C7H12F3NO.C2H6/c1-4(2)5(12)6(11-3)7(8,9)10;1-2/h4,6,11H,1-3H3;1-2H3. The summed E-state index contributed by atoms with van der Waals surface area (Å²) in [6.07, 6.45) is -4.49. The molecule has 0 aromatic rings. The number of ketones is 1. The molecule has 1 unspecified atom stereocenters. The number of hydrogen-bond acceptors (Lipinski definition) is 2. The first kappa shape index (κ1) is 15.9. The number of hydrogen-bond donors (Lipinski definition) is 1. The molecule has 0 aliphatic heterocycles. The molecule has 0 aromatic heterocycles. The Hall–Kier alpha value is -0.580. The van der Waals surface area contributed by atoms with Crippen molar-refractivity contribution in [1.82, 2.24) is 5.32 Å². The molecule has 0 aromatic carbocycles. The van der Waals surface area contributed by atoms with Gasteiger partial charge in [0.2, 0.25) is 0 Å². The van der Waals surface area contributed by atoms with Gasteiger partial charge in [-0.3, -0.25) is 4.79 Å². The normalized spacial score (nSPS) is 13.2. The van der Waals surface area contributed by atoms with Gasteiger partial charge in [-0.15, -0.1) is 0 Å². The van der Waals surface area contributed by atoms with E-state index >= 15 is 0 Å². The predicted octanol–water partition coefficient (Wildman–Crippen LogP) is 2.39. The molecule has 5 heteroatoms. The Kier molecular flexibility index (Phi) is 7.72. The van der Waals surface area contributed by atoms with Crippen LogP contribution in [0.15, 0.2) is 0 Å². The molecule has 0 aliphatic rings. The van der Waals surface area contributed by atoms with Gasteiger partial charge in [0.25, 0.3) is 0 Å². The summed E-state index contributed by atoms with van der Waals surface area (Å²) in [5, 5.41) is 1.95. The monoisotopic (exact) mass is 213 g/mol. The molecule has 14 heavy (non-hydrogen) atoms. The third kappa shape index (κ3) is 5.21. The van der Waals surface area contributed by atoms with E-state index in [4.69, 9.17) is 0 Å². The highest BCUT2D eigenvalue weighted by molar-refractivity contribution is 5.86. The SMILES string of the molecule is CC.CNC(C(=O)C(C)C)C(F)(F)F. The quantitative estimate of drug-likeness (QED) is 0.779. The second-order valence-electron chi connectivity index (χ2n) is 2.82. The maximum absolute atomic E-state index is 12.0. The second kappa shape index (κ2) is 6.81. The summed E-state index contributed by atoms with van der Waals surface area (Å²) in [6.45, 7) is 6.89. The van der Waals surface area contributed by atoms with Crippen molar-refractivity contribution in [3.8, 4) is 0 Å². The Bertz CT molecular complexity index is 166. The lowest BCUT2D eigenvalue weighted by atomic mass is 10.0. The predicted molar refractivity (Wildman–Crippen MR) is 50.1 cm³/mol. The van der Waals surface area contributed by atoms with E-state index in [9.17, 15) is 18.0 Å². The number of rotatable bonds is 3. The molecule has 0 fully saturated rings. The Morgan fingerprint density at radius 3 is 1.64 bits per heavy atom. The van der Waals surface area contributed by atoms with Crippen molar-refractivity contribution in [2.45, 2.75) is 39.9 Å². The van der Waals surface area contributed by atoms with Crippen LogP contribution in [0.3, 0.4) is 0 Å². The highest BCUT2D eigenvalue weighted by atomic mass is 19.4. The van der Waals surface area contributed by atoms with Crippen LogP contribution in [0.5, 0.6) is 0 Å². The number of halogens is 3. The van der Waals surface area contributed by atoms with E-state index in [0.29, 0.717) is 0 Å². The smallest absolute Gasteiger partial charge is 0.303 e. The molecular weight excluding hydrogens is 195 g/mol. The van der Waals surface area contributed by atoms with Gasteiger partial charge in [0.1, 0.15) is 0 Å². The molecule has 0 spiro atoms. The van der Waals surface area contributed by atoms with Gasteiger partial charge < -0.3 is 5.32 Å². The van der Waals surface area contributed by atoms with Gasteiger partial charge in [0.05, 0.1) is 0 Å². The zero-order valence-electron chi connectivity index (χ0n) is 9.20. The van der Waals surface area contributed by atoms with Gasteiger partial charge >= 0.3 is 6.18 Å². The van der Waals surface area contributed by atoms with Crippen LogP contribution in [-0.4, -0.2) is 25.0 Å². The van der Waals surface area contributed by atoms with Crippen molar-refractivity contribution in [3.05, 3.63) is 0 Å². The zero-order valence-corrected chi connectivity index (χ0v) is 9.20. The molecule has 1 N–H and O–H groups in total. The third-order valence-electron chi connectivity index (χ3n) is 1.47. The van der Waals surface area contributed by atoms with Gasteiger partial charge in [-0.05, 0) is 7.05 Å². The summed E-state index contributed by atoms with van der Waals surface area (Å²) in [6, 6.07) is -2.03. The first-order chi connectivity index (χ1) is 6.30. The van der Waals surface area contributed by atoms with Crippen LogP contribution in [0.2, 0.25) is 0 Å². The summed E-state index contributed by atoms with van der Waals surface area (Å²) in [5.74, 6) is -1.44. The molecule has 0 bridgehead atoms. The van der Waals surface area contributed by atoms with E-state index in [1.165, 1.54) is 13.8 Å². The van der Waals surface area contributed by atoms with Crippen LogP contribution in [0.1, 0.15) is 27.7 Å². The lowest BCUT2D eigenvalue weighted by molar-refractivity contribution is -0.168. The Balaban J connectivity index is 0. The van der Waals surface area contributed by atoms with E-state index in [2.05, 4.69) is 0 Å². The number of nitrogens with one attached hydrogen (secondary N) is 1. The number of alkyl halides is 3. The third-order valence-corrected chi connectivity index (χ3v) is 1.47. The molecular formula is C9H18F3NO. The van der Waals surface area contributed by atoms with Crippen molar-refractivity contribution in [2.24, 2.45) is 5.92 Å². The highest BCUT2D eigenvalue weighted by Gasteiger charge is 2.44. The topological polar surface area (TPSA) is 29.1 Å². The zero-order chi connectivity index (χ0) is 11.9. The van der Waals surface area contributed by atoms with E-state index in [-0.39, 0.29) is 0 Å². The molecule has 1 atom stereocenters. The summed E-state index contributed by atoms with van der Waals surface area (Å²) in [5.41, 5.74) is 0. The average Bonchev–Trinajstić information content (AvgIpc) is 2.06. The number of Topliss-reactive ketones (excluding diaryl/α,β-unsaturated/α-hetero) is 1. The molecule has 0 heterocycles. The van der Waals surface area contributed by atoms with Crippen LogP contribution in [0.4, 0.5) is 13.2 Å². The maximum atomic E-state index is 12.0. The first-order valence-electron chi connectivity index (χ1n) is 4.58. The largest absolute Gasteiger partial charge is 0.410 e. The fourth-order valence-electron chi connectivity index (χ4n) is 0.801.